The molecule has 2 rings (SSSR count). The van der Waals surface area contributed by atoms with Crippen LogP contribution in [-0.2, 0) is 0 Å². The van der Waals surface area contributed by atoms with Gasteiger partial charge in [-0.05, 0) is 31.2 Å². The van der Waals surface area contributed by atoms with Gasteiger partial charge in [0.05, 0.1) is 11.6 Å². The monoisotopic (exact) mass is 279 g/mol. The van der Waals surface area contributed by atoms with Crippen molar-refractivity contribution >= 4 is 5.91 Å². The number of amides is 1. The largest absolute Gasteiger partial charge is 0.345 e. The topological polar surface area (TPSA) is 29.1 Å². The first-order valence-corrected chi connectivity index (χ1v) is 6.00. The Morgan fingerprint density at radius 3 is 2.10 bits per heavy atom. The third kappa shape index (κ3) is 2.82. The maximum Gasteiger partial charge on any atom is 0.254 e. The average Bonchev–Trinajstić information content (AvgIpc) is 2.38. The molecule has 104 valence electrons. The van der Waals surface area contributed by atoms with E-state index in [0.717, 1.165) is 18.2 Å². The summed E-state index contributed by atoms with van der Waals surface area (Å²) < 4.78 is 40.6. The number of rotatable bonds is 3. The zero-order chi connectivity index (χ0) is 14.7. The summed E-state index contributed by atoms with van der Waals surface area (Å²) in [6.07, 6.45) is 0. The molecule has 5 heteroatoms. The lowest BCUT2D eigenvalue weighted by Crippen LogP contribution is -2.28. The standard InChI is InChI=1S/C15H12F3NO/c1-9(14-12(17)7-4-8-13(14)18)19-15(20)10-5-2-3-6-11(10)16/h2-9H,1H3,(H,19,20). The summed E-state index contributed by atoms with van der Waals surface area (Å²) in [5.41, 5.74) is -0.423. The molecular weight excluding hydrogens is 267 g/mol. The van der Waals surface area contributed by atoms with Crippen LogP contribution in [0.3, 0.4) is 0 Å². The smallest absolute Gasteiger partial charge is 0.254 e. The van der Waals surface area contributed by atoms with Crippen molar-refractivity contribution in [2.45, 2.75) is 13.0 Å². The van der Waals surface area contributed by atoms with E-state index in [1.54, 1.807) is 0 Å². The van der Waals surface area contributed by atoms with Crippen LogP contribution < -0.4 is 5.32 Å². The summed E-state index contributed by atoms with van der Waals surface area (Å²) in [6, 6.07) is 7.92. The van der Waals surface area contributed by atoms with Crippen molar-refractivity contribution in [3.05, 3.63) is 71.0 Å². The average molecular weight is 279 g/mol. The minimum absolute atomic E-state index is 0.170. The molecule has 2 aromatic rings. The first kappa shape index (κ1) is 14.1. The molecule has 0 aliphatic rings. The predicted octanol–water partition coefficient (Wildman–Crippen LogP) is 3.59. The molecule has 0 saturated carbocycles. The van der Waals surface area contributed by atoms with Crippen molar-refractivity contribution in [2.75, 3.05) is 0 Å². The molecule has 2 aromatic carbocycles. The Labute approximate surface area is 114 Å². The highest BCUT2D eigenvalue weighted by atomic mass is 19.1. The van der Waals surface area contributed by atoms with Crippen molar-refractivity contribution in [3.63, 3.8) is 0 Å². The van der Waals surface area contributed by atoms with Crippen LogP contribution in [0, 0.1) is 17.5 Å². The van der Waals surface area contributed by atoms with Gasteiger partial charge >= 0.3 is 0 Å². The van der Waals surface area contributed by atoms with Gasteiger partial charge in [-0.2, -0.15) is 0 Å². The molecule has 0 aliphatic carbocycles. The summed E-state index contributed by atoms with van der Waals surface area (Å²) in [5, 5.41) is 2.38. The van der Waals surface area contributed by atoms with Gasteiger partial charge in [-0.15, -0.1) is 0 Å². The quantitative estimate of drug-likeness (QED) is 0.914. The van der Waals surface area contributed by atoms with Crippen LogP contribution in [0.4, 0.5) is 13.2 Å². The van der Waals surface area contributed by atoms with Gasteiger partial charge in [-0.3, -0.25) is 4.79 Å². The molecule has 0 saturated heterocycles. The van der Waals surface area contributed by atoms with Gasteiger partial charge in [-0.25, -0.2) is 13.2 Å². The van der Waals surface area contributed by atoms with Crippen molar-refractivity contribution in [1.82, 2.24) is 5.32 Å². The first-order chi connectivity index (χ1) is 9.50. The minimum Gasteiger partial charge on any atom is -0.345 e. The Hall–Kier alpha value is -2.30. The Kier molecular flexibility index (Phi) is 4.08. The Balaban J connectivity index is 2.22. The molecular formula is C15H12F3NO. The maximum absolute atomic E-state index is 13.6. The van der Waals surface area contributed by atoms with Crippen LogP contribution in [0.15, 0.2) is 42.5 Å². The molecule has 1 N–H and O–H groups in total. The summed E-state index contributed by atoms with van der Waals surface area (Å²) in [4.78, 5) is 11.9. The van der Waals surface area contributed by atoms with Crippen molar-refractivity contribution in [1.29, 1.82) is 0 Å². The highest BCUT2D eigenvalue weighted by Gasteiger charge is 2.19. The maximum atomic E-state index is 13.6. The second-order valence-electron chi connectivity index (χ2n) is 4.31. The molecule has 0 radical (unpaired) electrons. The summed E-state index contributed by atoms with van der Waals surface area (Å²) in [7, 11) is 0. The van der Waals surface area contributed by atoms with E-state index in [2.05, 4.69) is 5.32 Å². The van der Waals surface area contributed by atoms with E-state index >= 15 is 0 Å². The third-order valence-corrected chi connectivity index (χ3v) is 2.90. The Morgan fingerprint density at radius 2 is 1.50 bits per heavy atom. The fraction of sp³-hybridized carbons (Fsp3) is 0.133. The lowest BCUT2D eigenvalue weighted by atomic mass is 10.1. The number of benzene rings is 2. The molecule has 0 bridgehead atoms. The van der Waals surface area contributed by atoms with E-state index in [1.165, 1.54) is 31.2 Å². The van der Waals surface area contributed by atoms with Crippen molar-refractivity contribution in [3.8, 4) is 0 Å². The van der Waals surface area contributed by atoms with Crippen LogP contribution in [0.5, 0.6) is 0 Å². The zero-order valence-corrected chi connectivity index (χ0v) is 10.7. The molecule has 0 aromatic heterocycles. The lowest BCUT2D eigenvalue weighted by molar-refractivity contribution is 0.0934. The van der Waals surface area contributed by atoms with Crippen molar-refractivity contribution < 1.29 is 18.0 Å². The molecule has 0 aliphatic heterocycles. The molecule has 1 unspecified atom stereocenters. The molecule has 1 amide bonds. The van der Waals surface area contributed by atoms with Crippen LogP contribution in [0.2, 0.25) is 0 Å². The number of carbonyl (C=O) groups excluding carboxylic acids is 1. The highest BCUT2D eigenvalue weighted by molar-refractivity contribution is 5.94. The van der Waals surface area contributed by atoms with E-state index in [-0.39, 0.29) is 11.1 Å². The minimum atomic E-state index is -0.914. The molecule has 2 nitrogen and oxygen atoms in total. The number of carbonyl (C=O) groups is 1. The summed E-state index contributed by atoms with van der Waals surface area (Å²) in [5.74, 6) is -2.93. The van der Waals surface area contributed by atoms with E-state index in [9.17, 15) is 18.0 Å². The highest BCUT2D eigenvalue weighted by Crippen LogP contribution is 2.20. The second kappa shape index (κ2) is 5.77. The van der Waals surface area contributed by atoms with Crippen LogP contribution in [0.1, 0.15) is 28.9 Å². The van der Waals surface area contributed by atoms with Gasteiger partial charge in [0.2, 0.25) is 0 Å². The van der Waals surface area contributed by atoms with Gasteiger partial charge in [-0.1, -0.05) is 18.2 Å². The van der Waals surface area contributed by atoms with E-state index < -0.39 is 29.4 Å². The molecule has 1 atom stereocenters. The number of nitrogens with one attached hydrogen (secondary N) is 1. The number of hydrogen-bond donors (Lipinski definition) is 1. The van der Waals surface area contributed by atoms with E-state index in [1.807, 2.05) is 0 Å². The fourth-order valence-electron chi connectivity index (χ4n) is 1.92. The van der Waals surface area contributed by atoms with Crippen molar-refractivity contribution in [2.24, 2.45) is 0 Å². The van der Waals surface area contributed by atoms with Gasteiger partial charge in [0, 0.05) is 5.56 Å². The van der Waals surface area contributed by atoms with Gasteiger partial charge in [0.25, 0.3) is 5.91 Å². The number of hydrogen-bond acceptors (Lipinski definition) is 1. The van der Waals surface area contributed by atoms with Gasteiger partial charge in [0.1, 0.15) is 17.5 Å². The summed E-state index contributed by atoms with van der Waals surface area (Å²) in [6.45, 7) is 1.43. The first-order valence-electron chi connectivity index (χ1n) is 6.00. The van der Waals surface area contributed by atoms with Crippen LogP contribution in [0.25, 0.3) is 0 Å². The molecule has 0 fully saturated rings. The Bertz CT molecular complexity index is 623. The normalized spacial score (nSPS) is 12.0. The Morgan fingerprint density at radius 1 is 0.950 bits per heavy atom. The third-order valence-electron chi connectivity index (χ3n) is 2.90. The predicted molar refractivity (Wildman–Crippen MR) is 68.6 cm³/mol. The number of halogens is 3. The van der Waals surface area contributed by atoms with Gasteiger partial charge in [0.15, 0.2) is 0 Å². The van der Waals surface area contributed by atoms with Crippen LogP contribution >= 0.6 is 0 Å². The lowest BCUT2D eigenvalue weighted by Gasteiger charge is -2.16. The van der Waals surface area contributed by atoms with E-state index in [4.69, 9.17) is 0 Å². The van der Waals surface area contributed by atoms with Gasteiger partial charge < -0.3 is 5.32 Å². The summed E-state index contributed by atoms with van der Waals surface area (Å²) >= 11 is 0. The second-order valence-corrected chi connectivity index (χ2v) is 4.31. The molecule has 0 spiro atoms. The molecule has 0 heterocycles. The van der Waals surface area contributed by atoms with E-state index in [0.29, 0.717) is 0 Å². The molecule has 20 heavy (non-hydrogen) atoms. The zero-order valence-electron chi connectivity index (χ0n) is 10.7. The SMILES string of the molecule is CC(NC(=O)c1ccccc1F)c1c(F)cccc1F. The van der Waals surface area contributed by atoms with Crippen LogP contribution in [-0.4, -0.2) is 5.91 Å². The fourth-order valence-corrected chi connectivity index (χ4v) is 1.92.